The molecule has 1 radical (unpaired) electrons. The average Bonchev–Trinajstić information content (AvgIpc) is 2.83. The molecule has 0 heterocycles. The van der Waals surface area contributed by atoms with Crippen LogP contribution in [-0.2, 0) is 53.8 Å². The van der Waals surface area contributed by atoms with Crippen molar-refractivity contribution in [3.8, 4) is 0 Å². The molecule has 0 N–H and O–H groups in total. The third-order valence-corrected chi connectivity index (χ3v) is 2.00. The smallest absolute Gasteiger partial charge is 0.358 e. The monoisotopic (exact) mass is 703 g/mol. The summed E-state index contributed by atoms with van der Waals surface area (Å²) in [4.78, 5) is 0. The second kappa shape index (κ2) is 95.8. The SMILES string of the molecule is C.CC.CC.CC.CC.[CH3-].[CH3-].[CH3-].[CH3-].[W+2].[Y].c1ccccc1.c1ccccc1.c1ccccc1. The fraction of sp³-hybridized carbons (Fsp3) is 0.290. The molecule has 0 amide bonds. The molecule has 0 unspecified atom stereocenters. The van der Waals surface area contributed by atoms with Crippen LogP contribution in [-0.4, -0.2) is 0 Å². The van der Waals surface area contributed by atoms with Crippen molar-refractivity contribution in [1.29, 1.82) is 0 Å². The molecule has 0 aromatic heterocycles. The summed E-state index contributed by atoms with van der Waals surface area (Å²) in [6.07, 6.45) is 0. The summed E-state index contributed by atoms with van der Waals surface area (Å²) in [5.74, 6) is 0. The fourth-order valence-corrected chi connectivity index (χ4v) is 1.15. The van der Waals surface area contributed by atoms with Crippen molar-refractivity contribution in [2.45, 2.75) is 62.8 Å². The van der Waals surface area contributed by atoms with Crippen molar-refractivity contribution in [2.75, 3.05) is 0 Å². The molecular formula is C31H58WY-2. The topological polar surface area (TPSA) is 0 Å². The van der Waals surface area contributed by atoms with Gasteiger partial charge in [-0.15, -0.1) is 0 Å². The Kier molecular flexibility index (Phi) is 202. The molecule has 193 valence electrons. The molecule has 0 saturated heterocycles. The summed E-state index contributed by atoms with van der Waals surface area (Å²) >= 11 is 0. The Morgan fingerprint density at radius 1 is 0.242 bits per heavy atom. The van der Waals surface area contributed by atoms with E-state index in [2.05, 4.69) is 0 Å². The van der Waals surface area contributed by atoms with E-state index in [1.54, 1.807) is 0 Å². The molecule has 0 saturated carbocycles. The average molecular weight is 704 g/mol. The standard InChI is InChI=1S/3C6H6.4C2H6.CH4.4CH3.W.Y/c3*1-2-4-6-5-3-1;4*1-2;;;;;;;/h3*1-6H;4*1-2H3;1H4;4*1H3;;/q;;;;;;;;4*-1;+2;. The molecule has 0 nitrogen and oxygen atoms in total. The maximum Gasteiger partial charge on any atom is 2.00 e. The van der Waals surface area contributed by atoms with Gasteiger partial charge in [0.15, 0.2) is 0 Å². The normalized spacial score (nSPS) is 5.09. The predicted octanol–water partition coefficient (Wildman–Crippen LogP) is 11.6. The number of hydrogen-bond donors (Lipinski definition) is 0. The number of rotatable bonds is 0. The predicted molar refractivity (Wildman–Crippen MR) is 157 cm³/mol. The molecule has 0 bridgehead atoms. The fourth-order valence-electron chi connectivity index (χ4n) is 1.15. The Bertz CT molecular complexity index is 304. The first-order valence-corrected chi connectivity index (χ1v) is 10.0. The van der Waals surface area contributed by atoms with Crippen LogP contribution in [0.15, 0.2) is 109 Å². The van der Waals surface area contributed by atoms with Crippen LogP contribution in [0.1, 0.15) is 62.8 Å². The van der Waals surface area contributed by atoms with E-state index in [4.69, 9.17) is 0 Å². The van der Waals surface area contributed by atoms with Crippen LogP contribution in [0, 0.1) is 29.7 Å². The van der Waals surface area contributed by atoms with E-state index in [1.165, 1.54) is 0 Å². The first kappa shape index (κ1) is 69.8. The van der Waals surface area contributed by atoms with E-state index < -0.39 is 0 Å². The molecule has 3 rings (SSSR count). The molecule has 0 atom stereocenters. The molecule has 3 aromatic rings. The zero-order valence-electron chi connectivity index (χ0n) is 23.4. The third-order valence-electron chi connectivity index (χ3n) is 2.00. The summed E-state index contributed by atoms with van der Waals surface area (Å²) in [5, 5.41) is 0. The van der Waals surface area contributed by atoms with Crippen LogP contribution in [0.5, 0.6) is 0 Å². The molecule has 3 aromatic carbocycles. The third kappa shape index (κ3) is 89.6. The van der Waals surface area contributed by atoms with Crippen LogP contribution in [0.25, 0.3) is 0 Å². The van der Waals surface area contributed by atoms with Crippen molar-refractivity contribution in [2.24, 2.45) is 0 Å². The van der Waals surface area contributed by atoms with Gasteiger partial charge in [0.2, 0.25) is 0 Å². The summed E-state index contributed by atoms with van der Waals surface area (Å²) < 4.78 is 0. The summed E-state index contributed by atoms with van der Waals surface area (Å²) in [7, 11) is 0. The largest absolute Gasteiger partial charge is 2.00 e. The first-order chi connectivity index (χ1) is 13.0. The molecule has 0 aliphatic rings. The van der Waals surface area contributed by atoms with Gasteiger partial charge < -0.3 is 29.7 Å². The van der Waals surface area contributed by atoms with Crippen LogP contribution in [0.3, 0.4) is 0 Å². The van der Waals surface area contributed by atoms with Crippen LogP contribution in [0.4, 0.5) is 0 Å². The second-order valence-electron chi connectivity index (χ2n) is 3.46. The van der Waals surface area contributed by atoms with E-state index in [-0.39, 0.29) is 90.9 Å². The van der Waals surface area contributed by atoms with E-state index in [0.717, 1.165) is 0 Å². The van der Waals surface area contributed by atoms with Gasteiger partial charge in [0.05, 0.1) is 0 Å². The Balaban J connectivity index is -0.0000000195. The molecule has 0 aliphatic carbocycles. The van der Waals surface area contributed by atoms with Gasteiger partial charge in [-0.05, 0) is 0 Å². The van der Waals surface area contributed by atoms with Gasteiger partial charge in [0.25, 0.3) is 0 Å². The molecular weight excluding hydrogens is 645 g/mol. The minimum absolute atomic E-state index is 0. The summed E-state index contributed by atoms with van der Waals surface area (Å²) in [6, 6.07) is 36.0. The molecule has 0 spiro atoms. The maximum atomic E-state index is 2.00. The van der Waals surface area contributed by atoms with Crippen LogP contribution in [0.2, 0.25) is 0 Å². The van der Waals surface area contributed by atoms with Crippen LogP contribution >= 0.6 is 0 Å². The minimum Gasteiger partial charge on any atom is -0.358 e. The van der Waals surface area contributed by atoms with E-state index in [0.29, 0.717) is 0 Å². The molecule has 2 heteroatoms. The van der Waals surface area contributed by atoms with Crippen molar-refractivity contribution >= 4 is 0 Å². The van der Waals surface area contributed by atoms with Gasteiger partial charge in [0, 0.05) is 32.7 Å². The van der Waals surface area contributed by atoms with Gasteiger partial charge in [-0.3, -0.25) is 0 Å². The summed E-state index contributed by atoms with van der Waals surface area (Å²) in [5.41, 5.74) is 0. The van der Waals surface area contributed by atoms with Gasteiger partial charge in [-0.2, -0.15) is 0 Å². The Hall–Kier alpha value is -0.548. The number of benzene rings is 3. The number of hydrogen-bond acceptors (Lipinski definition) is 0. The van der Waals surface area contributed by atoms with Crippen molar-refractivity contribution in [3.05, 3.63) is 139 Å². The zero-order chi connectivity index (χ0) is 20.7. The van der Waals surface area contributed by atoms with Crippen molar-refractivity contribution in [3.63, 3.8) is 0 Å². The van der Waals surface area contributed by atoms with E-state index in [1.807, 2.05) is 165 Å². The second-order valence-corrected chi connectivity index (χ2v) is 3.46. The summed E-state index contributed by atoms with van der Waals surface area (Å²) in [6.45, 7) is 16.0. The van der Waals surface area contributed by atoms with Crippen molar-refractivity contribution in [1.82, 2.24) is 0 Å². The maximum absolute atomic E-state index is 2.00. The quantitative estimate of drug-likeness (QED) is 0.205. The van der Waals surface area contributed by atoms with Gasteiger partial charge in [0.1, 0.15) is 0 Å². The van der Waals surface area contributed by atoms with E-state index in [9.17, 15) is 0 Å². The van der Waals surface area contributed by atoms with E-state index >= 15 is 0 Å². The Morgan fingerprint density at radius 3 is 0.303 bits per heavy atom. The Labute approximate surface area is 253 Å². The molecule has 33 heavy (non-hydrogen) atoms. The zero-order valence-corrected chi connectivity index (χ0v) is 29.1. The minimum atomic E-state index is 0. The van der Waals surface area contributed by atoms with Crippen LogP contribution < -0.4 is 0 Å². The van der Waals surface area contributed by atoms with Crippen molar-refractivity contribution < 1.29 is 53.8 Å². The van der Waals surface area contributed by atoms with Gasteiger partial charge in [-0.1, -0.05) is 172 Å². The molecule has 0 fully saturated rings. The Morgan fingerprint density at radius 2 is 0.273 bits per heavy atom. The molecule has 0 aliphatic heterocycles. The van der Waals surface area contributed by atoms with Gasteiger partial charge in [-0.25, -0.2) is 0 Å². The van der Waals surface area contributed by atoms with Gasteiger partial charge >= 0.3 is 21.1 Å². The first-order valence-electron chi connectivity index (χ1n) is 10.0.